The second-order valence-corrected chi connectivity index (χ2v) is 10.7. The molecule has 0 aromatic rings. The van der Waals surface area contributed by atoms with Gasteiger partial charge in [0, 0.05) is 19.3 Å². The molecule has 0 fully saturated rings. The zero-order valence-corrected chi connectivity index (χ0v) is 23.6. The summed E-state index contributed by atoms with van der Waals surface area (Å²) in [7, 11) is 0. The molecule has 0 aromatic heterocycles. The molecule has 0 bridgehead atoms. The highest BCUT2D eigenvalue weighted by Gasteiger charge is 2.27. The van der Waals surface area contributed by atoms with Crippen LogP contribution < -0.4 is 0 Å². The van der Waals surface area contributed by atoms with E-state index in [0.717, 1.165) is 32.2 Å². The van der Waals surface area contributed by atoms with E-state index in [4.69, 9.17) is 15.3 Å². The molecule has 0 spiro atoms. The van der Waals surface area contributed by atoms with Crippen LogP contribution in [0.15, 0.2) is 12.2 Å². The first-order valence-electron chi connectivity index (χ1n) is 15.0. The van der Waals surface area contributed by atoms with Crippen LogP contribution in [0.4, 0.5) is 0 Å². The van der Waals surface area contributed by atoms with Gasteiger partial charge in [-0.3, -0.25) is 14.4 Å². The smallest absolute Gasteiger partial charge is 0.303 e. The quantitative estimate of drug-likeness (QED) is 0.0555. The molecule has 7 heteroatoms. The second kappa shape index (κ2) is 24.4. The molecule has 0 atom stereocenters. The standard InChI is InChI=1S/C30H55NO6/c1-2-3-4-5-6-7-8-9-10-11-12-13-14-15-16-17-24-31(25-18-21-28(32)33,26-19-22-29(34)35)27-20-23-30(36)37/h10-11H,2-9,12-27H2,1H3,(H2-,32,33,34,35,36,37)/p+1/b11-10+. The molecular weight excluding hydrogens is 470 g/mol. The summed E-state index contributed by atoms with van der Waals surface area (Å²) in [5.41, 5.74) is 0. The van der Waals surface area contributed by atoms with E-state index >= 15 is 0 Å². The minimum atomic E-state index is -0.828. The molecule has 216 valence electrons. The van der Waals surface area contributed by atoms with Crippen LogP contribution in [0.5, 0.6) is 0 Å². The zero-order valence-electron chi connectivity index (χ0n) is 23.6. The Bertz CT molecular complexity index is 569. The Morgan fingerprint density at radius 3 is 1.19 bits per heavy atom. The van der Waals surface area contributed by atoms with Crippen LogP contribution in [-0.2, 0) is 14.4 Å². The maximum Gasteiger partial charge on any atom is 0.303 e. The molecular formula is C30H56NO6+. The van der Waals surface area contributed by atoms with Gasteiger partial charge in [-0.2, -0.15) is 0 Å². The van der Waals surface area contributed by atoms with Crippen molar-refractivity contribution in [3.63, 3.8) is 0 Å². The number of aliphatic carboxylic acids is 3. The summed E-state index contributed by atoms with van der Waals surface area (Å²) in [6, 6.07) is 0. The molecule has 37 heavy (non-hydrogen) atoms. The molecule has 0 aromatic carbocycles. The van der Waals surface area contributed by atoms with E-state index in [1.807, 2.05) is 0 Å². The summed E-state index contributed by atoms with van der Waals surface area (Å²) in [5, 5.41) is 27.2. The van der Waals surface area contributed by atoms with Gasteiger partial charge in [-0.05, 0) is 38.5 Å². The number of quaternary nitrogens is 1. The van der Waals surface area contributed by atoms with Gasteiger partial charge in [0.15, 0.2) is 0 Å². The van der Waals surface area contributed by atoms with E-state index < -0.39 is 17.9 Å². The normalized spacial score (nSPS) is 11.8. The summed E-state index contributed by atoms with van der Waals surface area (Å²) in [6.45, 7) is 5.10. The molecule has 0 unspecified atom stereocenters. The van der Waals surface area contributed by atoms with Crippen molar-refractivity contribution < 1.29 is 34.2 Å². The third-order valence-corrected chi connectivity index (χ3v) is 7.21. The Kier molecular flexibility index (Phi) is 23.2. The molecule has 7 nitrogen and oxygen atoms in total. The van der Waals surface area contributed by atoms with Crippen LogP contribution in [0.1, 0.15) is 135 Å². The van der Waals surface area contributed by atoms with Gasteiger partial charge in [-0.25, -0.2) is 0 Å². The number of hydrogen-bond acceptors (Lipinski definition) is 3. The van der Waals surface area contributed by atoms with Crippen molar-refractivity contribution in [1.29, 1.82) is 0 Å². The Hall–Kier alpha value is -1.89. The second-order valence-electron chi connectivity index (χ2n) is 10.7. The van der Waals surface area contributed by atoms with E-state index in [-0.39, 0.29) is 19.3 Å². The molecule has 0 aliphatic heterocycles. The molecule has 0 rings (SSSR count). The van der Waals surface area contributed by atoms with Crippen LogP contribution in [-0.4, -0.2) is 63.9 Å². The Morgan fingerprint density at radius 2 is 0.811 bits per heavy atom. The molecule has 0 radical (unpaired) electrons. The summed E-state index contributed by atoms with van der Waals surface area (Å²) < 4.78 is 0.634. The lowest BCUT2D eigenvalue weighted by Crippen LogP contribution is -2.51. The first-order valence-corrected chi connectivity index (χ1v) is 15.0. The predicted molar refractivity (Wildman–Crippen MR) is 150 cm³/mol. The number of rotatable bonds is 28. The minimum Gasteiger partial charge on any atom is -0.481 e. The first kappa shape index (κ1) is 35.1. The average molecular weight is 527 g/mol. The maximum absolute atomic E-state index is 11.0. The van der Waals surface area contributed by atoms with Crippen molar-refractivity contribution in [3.05, 3.63) is 12.2 Å². The molecule has 0 heterocycles. The fraction of sp³-hybridized carbons (Fsp3) is 0.833. The highest BCUT2D eigenvalue weighted by Crippen LogP contribution is 2.18. The lowest BCUT2D eigenvalue weighted by molar-refractivity contribution is -0.929. The average Bonchev–Trinajstić information content (AvgIpc) is 2.83. The van der Waals surface area contributed by atoms with Crippen molar-refractivity contribution in [1.82, 2.24) is 0 Å². The van der Waals surface area contributed by atoms with Crippen LogP contribution in [0.25, 0.3) is 0 Å². The highest BCUT2D eigenvalue weighted by atomic mass is 16.4. The van der Waals surface area contributed by atoms with Gasteiger partial charge in [0.1, 0.15) is 0 Å². The fourth-order valence-corrected chi connectivity index (χ4v) is 5.06. The van der Waals surface area contributed by atoms with E-state index in [2.05, 4.69) is 19.1 Å². The third kappa shape index (κ3) is 24.2. The lowest BCUT2D eigenvalue weighted by atomic mass is 10.1. The van der Waals surface area contributed by atoms with Crippen molar-refractivity contribution in [2.45, 2.75) is 135 Å². The van der Waals surface area contributed by atoms with Crippen molar-refractivity contribution in [2.24, 2.45) is 0 Å². The van der Waals surface area contributed by atoms with E-state index in [9.17, 15) is 14.4 Å². The van der Waals surface area contributed by atoms with E-state index in [1.165, 1.54) is 64.2 Å². The van der Waals surface area contributed by atoms with Crippen LogP contribution in [0.3, 0.4) is 0 Å². The zero-order chi connectivity index (χ0) is 27.6. The molecule has 0 amide bonds. The Morgan fingerprint density at radius 1 is 0.486 bits per heavy atom. The molecule has 0 saturated heterocycles. The predicted octanol–water partition coefficient (Wildman–Crippen LogP) is 7.44. The number of carbonyl (C=O) groups is 3. The minimum absolute atomic E-state index is 0.0876. The first-order chi connectivity index (χ1) is 17.8. The molecule has 0 aliphatic carbocycles. The number of hydrogen-bond donors (Lipinski definition) is 3. The van der Waals surface area contributed by atoms with E-state index in [0.29, 0.717) is 43.4 Å². The van der Waals surface area contributed by atoms with Crippen molar-refractivity contribution in [2.75, 3.05) is 26.2 Å². The highest BCUT2D eigenvalue weighted by molar-refractivity contribution is 5.67. The number of unbranched alkanes of at least 4 members (excludes halogenated alkanes) is 12. The van der Waals surface area contributed by atoms with Gasteiger partial charge in [0.25, 0.3) is 0 Å². The molecule has 3 N–H and O–H groups in total. The third-order valence-electron chi connectivity index (χ3n) is 7.21. The van der Waals surface area contributed by atoms with E-state index in [1.54, 1.807) is 0 Å². The van der Waals surface area contributed by atoms with Gasteiger partial charge in [0.2, 0.25) is 0 Å². The lowest BCUT2D eigenvalue weighted by Gasteiger charge is -2.39. The van der Waals surface area contributed by atoms with Crippen molar-refractivity contribution in [3.8, 4) is 0 Å². The van der Waals surface area contributed by atoms with Gasteiger partial charge in [0.05, 0.1) is 45.4 Å². The van der Waals surface area contributed by atoms with Gasteiger partial charge >= 0.3 is 17.9 Å². The molecule has 0 aliphatic rings. The number of carboxylic acids is 3. The Balaban J connectivity index is 4.32. The van der Waals surface area contributed by atoms with Gasteiger partial charge < -0.3 is 19.8 Å². The van der Waals surface area contributed by atoms with Crippen LogP contribution >= 0.6 is 0 Å². The summed E-state index contributed by atoms with van der Waals surface area (Å²) >= 11 is 0. The summed E-state index contributed by atoms with van der Waals surface area (Å²) in [4.78, 5) is 33.1. The van der Waals surface area contributed by atoms with Gasteiger partial charge in [-0.15, -0.1) is 0 Å². The van der Waals surface area contributed by atoms with Crippen LogP contribution in [0.2, 0.25) is 0 Å². The summed E-state index contributed by atoms with van der Waals surface area (Å²) in [5.74, 6) is -2.48. The number of nitrogens with zero attached hydrogens (tertiary/aromatic N) is 1. The number of allylic oxidation sites excluding steroid dienone is 2. The SMILES string of the molecule is CCCCCCCCC/C=C/CCCCCCC[N+](CCCC(=O)O)(CCCC(=O)O)CCCC(=O)O. The fourth-order valence-electron chi connectivity index (χ4n) is 5.06. The monoisotopic (exact) mass is 526 g/mol. The topological polar surface area (TPSA) is 112 Å². The van der Waals surface area contributed by atoms with Gasteiger partial charge in [-0.1, -0.05) is 70.4 Å². The van der Waals surface area contributed by atoms with Crippen molar-refractivity contribution >= 4 is 17.9 Å². The maximum atomic E-state index is 11.0. The number of carboxylic acid groups (broad SMARTS) is 3. The van der Waals surface area contributed by atoms with Crippen LogP contribution in [0, 0.1) is 0 Å². The summed E-state index contributed by atoms with van der Waals surface area (Å²) in [6.07, 6.45) is 23.9. The molecule has 0 saturated carbocycles. The Labute approximate surface area is 225 Å². The largest absolute Gasteiger partial charge is 0.481 e.